The van der Waals surface area contributed by atoms with Gasteiger partial charge in [-0.3, -0.25) is 0 Å². The molecule has 12 aromatic rings. The molecular weight excluding hydrogens is 1650 g/mol. The van der Waals surface area contributed by atoms with E-state index in [4.69, 9.17) is 37.9 Å². The largest absolute Gasteiger partial charge is 0.468 e. The summed E-state index contributed by atoms with van der Waals surface area (Å²) < 4.78 is 49.3. The van der Waals surface area contributed by atoms with Crippen LogP contribution in [0.4, 0.5) is 0 Å². The molecule has 12 saturated carbocycles. The van der Waals surface area contributed by atoms with Crippen LogP contribution in [0.5, 0.6) is 23.0 Å². The summed E-state index contributed by atoms with van der Waals surface area (Å²) in [5.41, 5.74) is 6.06. The van der Waals surface area contributed by atoms with Gasteiger partial charge in [0.05, 0.1) is 68.5 Å². The Labute approximate surface area is 774 Å². The molecule has 0 amide bonds. The predicted molar refractivity (Wildman–Crippen MR) is 523 cm³/mol. The minimum atomic E-state index is -0.149. The summed E-state index contributed by atoms with van der Waals surface area (Å²) in [6.07, 6.45) is 22.3. The van der Waals surface area contributed by atoms with Crippen molar-refractivity contribution >= 4 is 43.6 Å². The Morgan fingerprint density at radius 3 is 0.758 bits per heavy atom. The van der Waals surface area contributed by atoms with Crippen LogP contribution >= 0.6 is 0 Å². The van der Waals surface area contributed by atoms with Gasteiger partial charge in [0.2, 0.25) is 0 Å². The minimum absolute atomic E-state index is 0.122. The summed E-state index contributed by atoms with van der Waals surface area (Å²) in [6.45, 7) is 19.3. The highest BCUT2D eigenvalue weighted by atomic mass is 32.2. The van der Waals surface area contributed by atoms with Gasteiger partial charge in [0, 0.05) is 29.8 Å². The van der Waals surface area contributed by atoms with Crippen LogP contribution in [0.1, 0.15) is 145 Å². The third-order valence-corrected chi connectivity index (χ3v) is 37.3. The number of ether oxygens (including phenoxy) is 8. The van der Waals surface area contributed by atoms with Gasteiger partial charge in [-0.1, -0.05) is 166 Å². The van der Waals surface area contributed by atoms with Gasteiger partial charge in [0.25, 0.3) is 0 Å². The second-order valence-electron chi connectivity index (χ2n) is 39.0. The monoisotopic (exact) mass is 1780 g/mol. The first-order valence-corrected chi connectivity index (χ1v) is 52.2. The van der Waals surface area contributed by atoms with Gasteiger partial charge in [-0.25, -0.2) is 0 Å². The molecule has 128 heavy (non-hydrogen) atoms. The maximum Gasteiger partial charge on any atom is 0.189 e. The van der Waals surface area contributed by atoms with Gasteiger partial charge in [-0.15, -0.1) is 0 Å². The quantitative estimate of drug-likeness (QED) is 0.0273. The molecule has 12 bridgehead atoms. The molecule has 0 radical (unpaired) electrons. The molecule has 12 aromatic carbocycles. The Hall–Kier alpha value is -8.92. The van der Waals surface area contributed by atoms with Crippen molar-refractivity contribution in [1.82, 2.24) is 0 Å². The van der Waals surface area contributed by atoms with Gasteiger partial charge >= 0.3 is 0 Å². The third kappa shape index (κ3) is 22.0. The average molecular weight is 1780 g/mol. The molecule has 662 valence electrons. The third-order valence-electron chi connectivity index (χ3n) is 28.3. The van der Waals surface area contributed by atoms with Crippen LogP contribution in [-0.4, -0.2) is 52.1 Å². The number of aryl methyl sites for hydroxylation is 5. The van der Waals surface area contributed by atoms with Crippen molar-refractivity contribution < 1.29 is 37.9 Å². The van der Waals surface area contributed by atoms with Crippen molar-refractivity contribution in [3.63, 3.8) is 0 Å². The molecule has 0 heterocycles. The molecule has 0 N–H and O–H groups in total. The zero-order valence-electron chi connectivity index (χ0n) is 76.1. The SMILES string of the molecule is Cc1cc(OCOC2C3CC4CC(C3)CC2C4)ccc1[S+](c1ccccc1)c1ccccc1.Cc1cc([S+](c2ccccc2)c2ccccc2)cc(C)c1OCOC1C2CC3CC(C2)CC1C3.Cc1cc([S+](c2ccccc2)c2ccccc2)cc(C)c1OCOCC(C)(C)C.c1ccc([S+](c2ccccc2)c2ccc(OCOC3C4CC5CC(C4)CC3C5)cc2)cc1. The van der Waals surface area contributed by atoms with Gasteiger partial charge in [-0.2, -0.15) is 0 Å². The Kier molecular flexibility index (Phi) is 29.5. The lowest BCUT2D eigenvalue weighted by atomic mass is 9.55. The molecular formula is C116H130O8S4+4. The molecule has 24 rings (SSSR count). The Balaban J connectivity index is 0.000000115. The van der Waals surface area contributed by atoms with E-state index in [-0.39, 0.29) is 55.8 Å². The molecule has 0 atom stereocenters. The molecule has 0 aromatic heterocycles. The fourth-order valence-electron chi connectivity index (χ4n) is 23.6. The van der Waals surface area contributed by atoms with Crippen LogP contribution in [0, 0.1) is 111 Å². The highest BCUT2D eigenvalue weighted by Gasteiger charge is 2.52. The Bertz CT molecular complexity index is 5220. The maximum absolute atomic E-state index is 6.43. The first-order chi connectivity index (χ1) is 62.6. The molecule has 12 aliphatic rings. The highest BCUT2D eigenvalue weighted by Crippen LogP contribution is 2.58. The van der Waals surface area contributed by atoms with E-state index in [0.29, 0.717) is 45.3 Å². The zero-order valence-corrected chi connectivity index (χ0v) is 79.4. The molecule has 0 aliphatic heterocycles. The van der Waals surface area contributed by atoms with Gasteiger partial charge in [0.15, 0.2) is 85.9 Å². The Morgan fingerprint density at radius 1 is 0.234 bits per heavy atom. The fourth-order valence-corrected chi connectivity index (χ4v) is 32.5. The molecule has 0 saturated heterocycles. The zero-order chi connectivity index (χ0) is 87.5. The van der Waals surface area contributed by atoms with E-state index >= 15 is 0 Å². The average Bonchev–Trinajstić information content (AvgIpc) is 0.768. The summed E-state index contributed by atoms with van der Waals surface area (Å²) in [5, 5.41) is 0. The molecule has 12 fully saturated rings. The van der Waals surface area contributed by atoms with Crippen LogP contribution in [0.15, 0.2) is 368 Å². The standard InChI is InChI=1S/C31H35O2S.C30H33O2S.C29H31O2S.C26H31O2S/c1-21-13-29(34(27-9-5-3-6-10-27)28-11-7-4-8-12-28)14-22(2)30(21)32-20-33-31-25-16-23-15-24(18-25)19-26(31)17-23;1-21-14-26(31-20-32-30-24-16-22-15-23(18-24)19-25(30)17-22)12-13-29(21)33(27-8-4-2-5-9-27)28-10-6-3-7-11-28;1-3-7-26(8-4-1)32(27-9-5-2-6-10-27)28-13-11-25(12-14-28)30-20-31-29-23-16-21-15-22(18-23)19-24(29)17-21;1-20-16-24(17-21(2)25(20)28-19-27-18-26(3,4)5)29(22-12-8-6-9-13-22)23-14-10-7-11-15-23/h3-14,23-26,31H,15-20H2,1-2H3;2-14,22-25,30H,15-20H2,1H3;1-14,21-24,29H,15-20H2;6-17H,18-19H2,1-5H3/q4*+1. The van der Waals surface area contributed by atoms with Crippen LogP contribution < -0.4 is 18.9 Å². The molecule has 0 spiro atoms. The van der Waals surface area contributed by atoms with E-state index in [0.717, 1.165) is 105 Å². The van der Waals surface area contributed by atoms with Crippen molar-refractivity contribution in [3.8, 4) is 23.0 Å². The summed E-state index contributed by atoms with van der Waals surface area (Å²) in [6, 6.07) is 111. The summed E-state index contributed by atoms with van der Waals surface area (Å²) in [5.74, 6) is 14.2. The second kappa shape index (κ2) is 42.1. The number of hydrogen-bond acceptors (Lipinski definition) is 8. The summed E-state index contributed by atoms with van der Waals surface area (Å²) in [7, 11) is -0.547. The van der Waals surface area contributed by atoms with Crippen LogP contribution in [0.25, 0.3) is 0 Å². The number of rotatable bonds is 28. The number of benzene rings is 12. The lowest BCUT2D eigenvalue weighted by molar-refractivity contribution is -0.155. The van der Waals surface area contributed by atoms with Crippen molar-refractivity contribution in [2.24, 2.45) is 76.4 Å². The van der Waals surface area contributed by atoms with E-state index in [1.165, 1.54) is 172 Å². The van der Waals surface area contributed by atoms with E-state index in [1.54, 1.807) is 0 Å². The first-order valence-electron chi connectivity index (χ1n) is 47.3. The lowest BCUT2D eigenvalue weighted by Gasteiger charge is -2.53. The fraction of sp³-hybridized carbons (Fsp3) is 0.379. The molecule has 8 nitrogen and oxygen atoms in total. The van der Waals surface area contributed by atoms with Gasteiger partial charge < -0.3 is 37.9 Å². The van der Waals surface area contributed by atoms with Crippen LogP contribution in [0.2, 0.25) is 0 Å². The smallest absolute Gasteiger partial charge is 0.189 e. The molecule has 0 unspecified atom stereocenters. The van der Waals surface area contributed by atoms with E-state index < -0.39 is 0 Å². The van der Waals surface area contributed by atoms with E-state index in [9.17, 15) is 0 Å². The highest BCUT2D eigenvalue weighted by molar-refractivity contribution is 7.98. The van der Waals surface area contributed by atoms with Crippen molar-refractivity contribution in [2.45, 2.75) is 229 Å². The minimum Gasteiger partial charge on any atom is -0.468 e. The van der Waals surface area contributed by atoms with Crippen molar-refractivity contribution in [3.05, 3.63) is 337 Å². The maximum atomic E-state index is 6.43. The predicted octanol–water partition coefficient (Wildman–Crippen LogP) is 28.6. The van der Waals surface area contributed by atoms with Crippen molar-refractivity contribution in [1.29, 1.82) is 0 Å². The van der Waals surface area contributed by atoms with Gasteiger partial charge in [-0.05, 0) is 369 Å². The van der Waals surface area contributed by atoms with E-state index in [2.05, 4.69) is 365 Å². The van der Waals surface area contributed by atoms with E-state index in [1.807, 2.05) is 0 Å². The van der Waals surface area contributed by atoms with Crippen molar-refractivity contribution in [2.75, 3.05) is 33.8 Å². The second-order valence-corrected chi connectivity index (χ2v) is 47.1. The van der Waals surface area contributed by atoms with Crippen LogP contribution in [-0.2, 0) is 62.5 Å². The lowest BCUT2D eigenvalue weighted by Crippen LogP contribution is -2.49. The number of hydrogen-bond donors (Lipinski definition) is 0. The summed E-state index contributed by atoms with van der Waals surface area (Å²) >= 11 is 0. The first kappa shape index (κ1) is 89.7. The van der Waals surface area contributed by atoms with Crippen LogP contribution in [0.3, 0.4) is 0 Å². The Morgan fingerprint density at radius 2 is 0.477 bits per heavy atom. The topological polar surface area (TPSA) is 73.8 Å². The van der Waals surface area contributed by atoms with Gasteiger partial charge in [0.1, 0.15) is 23.0 Å². The molecule has 12 aliphatic carbocycles. The normalized spacial score (nSPS) is 24.1. The summed E-state index contributed by atoms with van der Waals surface area (Å²) in [4.78, 5) is 15.9. The molecule has 12 heteroatoms.